The second-order valence-electron chi connectivity index (χ2n) is 5.73. The van der Waals surface area contributed by atoms with E-state index in [0.29, 0.717) is 6.54 Å². The highest BCUT2D eigenvalue weighted by atomic mass is 35.5. The number of aromatic nitrogens is 2. The van der Waals surface area contributed by atoms with Crippen LogP contribution in [0.15, 0.2) is 41.6 Å². The number of halogens is 2. The molecule has 0 radical (unpaired) electrons. The zero-order valence-corrected chi connectivity index (χ0v) is 14.6. The largest absolute Gasteiger partial charge is 0.330 e. The molecule has 0 saturated heterocycles. The first-order valence-corrected chi connectivity index (χ1v) is 9.01. The van der Waals surface area contributed by atoms with Gasteiger partial charge in [-0.05, 0) is 37.4 Å². The van der Waals surface area contributed by atoms with E-state index in [1.807, 2.05) is 0 Å². The summed E-state index contributed by atoms with van der Waals surface area (Å²) >= 11 is 0. The van der Waals surface area contributed by atoms with E-state index in [1.54, 1.807) is 12.1 Å². The molecule has 0 aliphatic heterocycles. The number of para-hydroxylation sites is 1. The Bertz CT molecular complexity index is 796. The topological polar surface area (TPSA) is 90.0 Å². The number of hydrogen-bond donors (Lipinski definition) is 2. The second-order valence-corrected chi connectivity index (χ2v) is 7.44. The van der Waals surface area contributed by atoms with Gasteiger partial charge >= 0.3 is 0 Å². The van der Waals surface area contributed by atoms with Crippen molar-refractivity contribution in [1.82, 2.24) is 14.5 Å². The van der Waals surface area contributed by atoms with E-state index in [9.17, 15) is 12.8 Å². The minimum Gasteiger partial charge on any atom is -0.330 e. The van der Waals surface area contributed by atoms with Crippen molar-refractivity contribution in [3.63, 3.8) is 0 Å². The van der Waals surface area contributed by atoms with Gasteiger partial charge in [0.2, 0.25) is 10.0 Å². The summed E-state index contributed by atoms with van der Waals surface area (Å²) in [6, 6.07) is 5.91. The maximum Gasteiger partial charge on any atom is 0.243 e. The molecule has 132 valence electrons. The lowest BCUT2D eigenvalue weighted by Gasteiger charge is -2.18. The summed E-state index contributed by atoms with van der Waals surface area (Å²) in [5, 5.41) is 3.96. The van der Waals surface area contributed by atoms with Crippen molar-refractivity contribution in [3.8, 4) is 5.69 Å². The van der Waals surface area contributed by atoms with Gasteiger partial charge in [-0.2, -0.15) is 5.10 Å². The van der Waals surface area contributed by atoms with Crippen LogP contribution in [0.1, 0.15) is 19.3 Å². The first kappa shape index (κ1) is 18.9. The van der Waals surface area contributed by atoms with Crippen LogP contribution in [-0.2, 0) is 10.0 Å². The first-order chi connectivity index (χ1) is 11.0. The van der Waals surface area contributed by atoms with Gasteiger partial charge in [0.1, 0.15) is 16.4 Å². The van der Waals surface area contributed by atoms with Gasteiger partial charge in [0.25, 0.3) is 0 Å². The normalized spacial score (nSPS) is 20.8. The fourth-order valence-electron chi connectivity index (χ4n) is 2.96. The van der Waals surface area contributed by atoms with Gasteiger partial charge in [0.05, 0.1) is 12.4 Å². The Labute approximate surface area is 146 Å². The molecule has 1 aromatic heterocycles. The van der Waals surface area contributed by atoms with Crippen molar-refractivity contribution in [1.29, 1.82) is 0 Å². The van der Waals surface area contributed by atoms with E-state index in [0.717, 1.165) is 19.3 Å². The Morgan fingerprint density at radius 3 is 2.79 bits per heavy atom. The summed E-state index contributed by atoms with van der Waals surface area (Å²) in [6.07, 6.45) is 5.21. The molecule has 3 rings (SSSR count). The molecular weight excluding hydrogens is 355 g/mol. The Balaban J connectivity index is 0.00000208. The van der Waals surface area contributed by atoms with Crippen molar-refractivity contribution in [3.05, 3.63) is 42.5 Å². The molecule has 0 spiro atoms. The monoisotopic (exact) mass is 374 g/mol. The van der Waals surface area contributed by atoms with Crippen LogP contribution in [0.3, 0.4) is 0 Å². The van der Waals surface area contributed by atoms with E-state index in [4.69, 9.17) is 5.73 Å². The maximum absolute atomic E-state index is 13.8. The third-order valence-electron chi connectivity index (χ3n) is 4.24. The Kier molecular flexibility index (Phi) is 5.97. The van der Waals surface area contributed by atoms with Gasteiger partial charge in [-0.3, -0.25) is 0 Å². The molecular formula is C15H20ClFN4O2S. The summed E-state index contributed by atoms with van der Waals surface area (Å²) in [4.78, 5) is 0.0171. The molecule has 6 nitrogen and oxygen atoms in total. The van der Waals surface area contributed by atoms with Crippen molar-refractivity contribution in [2.75, 3.05) is 6.54 Å². The van der Waals surface area contributed by atoms with Gasteiger partial charge in [-0.15, -0.1) is 12.4 Å². The van der Waals surface area contributed by atoms with Crippen LogP contribution in [0.2, 0.25) is 0 Å². The van der Waals surface area contributed by atoms with Crippen molar-refractivity contribution < 1.29 is 12.8 Å². The van der Waals surface area contributed by atoms with Crippen LogP contribution in [0, 0.1) is 11.7 Å². The molecule has 9 heteroatoms. The number of benzene rings is 1. The highest BCUT2D eigenvalue weighted by Gasteiger charge is 2.31. The van der Waals surface area contributed by atoms with Crippen molar-refractivity contribution in [2.45, 2.75) is 30.2 Å². The quantitative estimate of drug-likeness (QED) is 0.835. The minimum atomic E-state index is -3.70. The average molecular weight is 375 g/mol. The van der Waals surface area contributed by atoms with E-state index in [2.05, 4.69) is 9.82 Å². The zero-order chi connectivity index (χ0) is 16.4. The minimum absolute atomic E-state index is 0. The standard InChI is InChI=1S/C15H19FN4O2S.ClH/c16-13-5-1-2-7-15(13)20-10-12(9-18-20)23(21,22)19-14-6-3-4-11(14)8-17;/h1-2,5,7,9-11,14,19H,3-4,6,8,17H2;1H. The Morgan fingerprint density at radius 1 is 1.33 bits per heavy atom. The Morgan fingerprint density at radius 2 is 2.08 bits per heavy atom. The van der Waals surface area contributed by atoms with Gasteiger partial charge in [0, 0.05) is 6.04 Å². The van der Waals surface area contributed by atoms with Gasteiger partial charge in [0.15, 0.2) is 0 Å². The summed E-state index contributed by atoms with van der Waals surface area (Å²) in [5.74, 6) is -0.308. The summed E-state index contributed by atoms with van der Waals surface area (Å²) in [5.41, 5.74) is 5.89. The third-order valence-corrected chi connectivity index (χ3v) is 5.68. The number of rotatable bonds is 5. The van der Waals surface area contributed by atoms with Gasteiger partial charge < -0.3 is 5.73 Å². The molecule has 1 aliphatic rings. The summed E-state index contributed by atoms with van der Waals surface area (Å²) in [7, 11) is -3.70. The van der Waals surface area contributed by atoms with E-state index >= 15 is 0 Å². The molecule has 1 aromatic carbocycles. The van der Waals surface area contributed by atoms with Crippen LogP contribution in [0.5, 0.6) is 0 Å². The zero-order valence-electron chi connectivity index (χ0n) is 12.9. The van der Waals surface area contributed by atoms with Crippen LogP contribution >= 0.6 is 12.4 Å². The van der Waals surface area contributed by atoms with E-state index in [-0.39, 0.29) is 34.9 Å². The molecule has 0 amide bonds. The highest BCUT2D eigenvalue weighted by Crippen LogP contribution is 2.26. The predicted octanol–water partition coefficient (Wildman–Crippen LogP) is 1.84. The number of nitrogens with two attached hydrogens (primary N) is 1. The highest BCUT2D eigenvalue weighted by molar-refractivity contribution is 7.89. The van der Waals surface area contributed by atoms with Crippen LogP contribution in [-0.4, -0.2) is 30.8 Å². The van der Waals surface area contributed by atoms with Crippen LogP contribution < -0.4 is 10.5 Å². The van der Waals surface area contributed by atoms with E-state index in [1.165, 1.54) is 29.2 Å². The molecule has 1 aliphatic carbocycles. The van der Waals surface area contributed by atoms with Crippen LogP contribution in [0.4, 0.5) is 4.39 Å². The molecule has 0 bridgehead atoms. The SMILES string of the molecule is Cl.NCC1CCCC1NS(=O)(=O)c1cnn(-c2ccccc2F)c1. The van der Waals surface area contributed by atoms with Crippen LogP contribution in [0.25, 0.3) is 5.69 Å². The first-order valence-electron chi connectivity index (χ1n) is 7.53. The molecule has 1 saturated carbocycles. The Hall–Kier alpha value is -1.48. The molecule has 2 atom stereocenters. The average Bonchev–Trinajstić information content (AvgIpc) is 3.16. The van der Waals surface area contributed by atoms with Gasteiger partial charge in [-0.1, -0.05) is 18.6 Å². The van der Waals surface area contributed by atoms with Gasteiger partial charge in [-0.25, -0.2) is 22.2 Å². The maximum atomic E-state index is 13.8. The fraction of sp³-hybridized carbons (Fsp3) is 0.400. The molecule has 2 aromatic rings. The second kappa shape index (κ2) is 7.60. The lowest BCUT2D eigenvalue weighted by Crippen LogP contribution is -2.39. The molecule has 3 N–H and O–H groups in total. The molecule has 2 unspecified atom stereocenters. The number of nitrogens with zero attached hydrogens (tertiary/aromatic N) is 2. The molecule has 1 heterocycles. The number of nitrogens with one attached hydrogen (secondary N) is 1. The summed E-state index contributed by atoms with van der Waals surface area (Å²) < 4.78 is 42.6. The van der Waals surface area contributed by atoms with Crippen molar-refractivity contribution in [2.24, 2.45) is 11.7 Å². The third kappa shape index (κ3) is 3.77. The predicted molar refractivity (Wildman–Crippen MR) is 91.3 cm³/mol. The molecule has 24 heavy (non-hydrogen) atoms. The lowest BCUT2D eigenvalue weighted by molar-refractivity contribution is 0.453. The smallest absolute Gasteiger partial charge is 0.243 e. The number of hydrogen-bond acceptors (Lipinski definition) is 4. The summed E-state index contributed by atoms with van der Waals surface area (Å²) in [6.45, 7) is 0.460. The molecule has 1 fully saturated rings. The number of sulfonamides is 1. The van der Waals surface area contributed by atoms with E-state index < -0.39 is 15.8 Å². The lowest BCUT2D eigenvalue weighted by atomic mass is 10.1. The fourth-order valence-corrected chi connectivity index (χ4v) is 4.23. The van der Waals surface area contributed by atoms with Crippen molar-refractivity contribution >= 4 is 22.4 Å².